The predicted octanol–water partition coefficient (Wildman–Crippen LogP) is 2.48. The molecule has 1 fully saturated rings. The summed E-state index contributed by atoms with van der Waals surface area (Å²) in [5.74, 6) is -0.313. The van der Waals surface area contributed by atoms with Gasteiger partial charge in [-0.3, -0.25) is 9.59 Å². The van der Waals surface area contributed by atoms with Gasteiger partial charge in [-0.25, -0.2) is 13.1 Å². The third-order valence-corrected chi connectivity index (χ3v) is 6.50. The summed E-state index contributed by atoms with van der Waals surface area (Å²) in [5.41, 5.74) is 1.20. The lowest BCUT2D eigenvalue weighted by Crippen LogP contribution is -2.41. The predicted molar refractivity (Wildman–Crippen MR) is 111 cm³/mol. The lowest BCUT2D eigenvalue weighted by atomic mass is 9.95. The van der Waals surface area contributed by atoms with Crippen molar-refractivity contribution in [1.29, 1.82) is 0 Å². The summed E-state index contributed by atoms with van der Waals surface area (Å²) in [7, 11) is -3.54. The smallest absolute Gasteiger partial charge is 0.253 e. The van der Waals surface area contributed by atoms with E-state index >= 15 is 0 Å². The van der Waals surface area contributed by atoms with Gasteiger partial charge in [-0.05, 0) is 49.2 Å². The Hall–Kier alpha value is -2.71. The molecule has 2 aromatic rings. The van der Waals surface area contributed by atoms with E-state index in [4.69, 9.17) is 0 Å². The van der Waals surface area contributed by atoms with Crippen LogP contribution in [0.1, 0.15) is 30.1 Å². The van der Waals surface area contributed by atoms with Crippen molar-refractivity contribution < 1.29 is 18.0 Å². The van der Waals surface area contributed by atoms with Gasteiger partial charge in [0.1, 0.15) is 0 Å². The highest BCUT2D eigenvalue weighted by molar-refractivity contribution is 7.89. The monoisotopic (exact) mass is 415 g/mol. The number of para-hydroxylation sites is 1. The second-order valence-corrected chi connectivity index (χ2v) is 8.71. The van der Waals surface area contributed by atoms with E-state index in [1.807, 2.05) is 30.3 Å². The van der Waals surface area contributed by atoms with Gasteiger partial charge >= 0.3 is 0 Å². The van der Waals surface area contributed by atoms with Crippen LogP contribution in [0.4, 0.5) is 5.69 Å². The van der Waals surface area contributed by atoms with Crippen LogP contribution in [0.25, 0.3) is 0 Å². The Morgan fingerprint density at radius 3 is 2.21 bits per heavy atom. The maximum absolute atomic E-state index is 12.7. The minimum Gasteiger partial charge on any atom is -0.339 e. The summed E-state index contributed by atoms with van der Waals surface area (Å²) < 4.78 is 26.4. The Balaban J connectivity index is 1.56. The number of rotatable bonds is 6. The van der Waals surface area contributed by atoms with Gasteiger partial charge in [0.15, 0.2) is 0 Å². The van der Waals surface area contributed by atoms with Crippen molar-refractivity contribution in [3.05, 3.63) is 60.2 Å². The lowest BCUT2D eigenvalue weighted by Gasteiger charge is -2.31. The van der Waals surface area contributed by atoms with Crippen LogP contribution in [0.3, 0.4) is 0 Å². The number of hydrogen-bond acceptors (Lipinski definition) is 4. The van der Waals surface area contributed by atoms with Gasteiger partial charge in [0.2, 0.25) is 15.9 Å². The molecule has 0 aromatic heterocycles. The molecule has 0 spiro atoms. The maximum atomic E-state index is 12.7. The number of sulfonamides is 1. The minimum absolute atomic E-state index is 0.0266. The molecule has 1 saturated heterocycles. The highest BCUT2D eigenvalue weighted by Crippen LogP contribution is 2.21. The number of piperidine rings is 1. The van der Waals surface area contributed by atoms with E-state index < -0.39 is 10.0 Å². The molecule has 154 valence electrons. The highest BCUT2D eigenvalue weighted by atomic mass is 32.2. The van der Waals surface area contributed by atoms with Crippen molar-refractivity contribution in [2.45, 2.75) is 24.7 Å². The average molecular weight is 416 g/mol. The van der Waals surface area contributed by atoms with Crippen molar-refractivity contribution in [3.8, 4) is 0 Å². The normalized spacial score (nSPS) is 15.1. The fraction of sp³-hybridized carbons (Fsp3) is 0.333. The summed E-state index contributed by atoms with van der Waals surface area (Å²) in [6, 6.07) is 15.2. The summed E-state index contributed by atoms with van der Waals surface area (Å²) in [4.78, 5) is 27.0. The number of nitrogens with zero attached hydrogens (tertiary/aromatic N) is 1. The first-order valence-corrected chi connectivity index (χ1v) is 11.1. The Labute approximate surface area is 171 Å². The Bertz CT molecular complexity index is 951. The second kappa shape index (κ2) is 9.19. The Kier molecular flexibility index (Phi) is 6.66. The van der Waals surface area contributed by atoms with Gasteiger partial charge in [-0.2, -0.15) is 0 Å². The van der Waals surface area contributed by atoms with Crippen LogP contribution in [0, 0.1) is 5.92 Å². The van der Waals surface area contributed by atoms with Crippen molar-refractivity contribution in [1.82, 2.24) is 9.62 Å². The molecule has 0 atom stereocenters. The van der Waals surface area contributed by atoms with Crippen LogP contribution in [0.15, 0.2) is 59.5 Å². The fourth-order valence-corrected chi connectivity index (χ4v) is 4.38. The zero-order valence-corrected chi connectivity index (χ0v) is 17.1. The first-order valence-electron chi connectivity index (χ1n) is 9.65. The number of hydrogen-bond donors (Lipinski definition) is 2. The molecule has 0 radical (unpaired) electrons. The molecule has 2 amide bonds. The molecule has 1 heterocycles. The van der Waals surface area contributed by atoms with Crippen LogP contribution in [0.5, 0.6) is 0 Å². The summed E-state index contributed by atoms with van der Waals surface area (Å²) in [6.07, 6.45) is 1.19. The number of carbonyl (C=O) groups excluding carboxylic acids is 2. The van der Waals surface area contributed by atoms with E-state index in [9.17, 15) is 18.0 Å². The van der Waals surface area contributed by atoms with Gasteiger partial charge in [-0.15, -0.1) is 0 Å². The lowest BCUT2D eigenvalue weighted by molar-refractivity contribution is -0.121. The van der Waals surface area contributed by atoms with Crippen LogP contribution in [-0.4, -0.2) is 44.8 Å². The van der Waals surface area contributed by atoms with Crippen molar-refractivity contribution in [3.63, 3.8) is 0 Å². The molecule has 0 unspecified atom stereocenters. The fourth-order valence-electron chi connectivity index (χ4n) is 3.34. The number of amides is 2. The third kappa shape index (κ3) is 5.21. The summed E-state index contributed by atoms with van der Waals surface area (Å²) in [5, 5.41) is 2.91. The van der Waals surface area contributed by atoms with Crippen molar-refractivity contribution >= 4 is 27.5 Å². The molecule has 3 rings (SSSR count). The Morgan fingerprint density at radius 2 is 1.62 bits per heavy atom. The van der Waals surface area contributed by atoms with Crippen LogP contribution in [0.2, 0.25) is 0 Å². The van der Waals surface area contributed by atoms with Gasteiger partial charge < -0.3 is 10.2 Å². The van der Waals surface area contributed by atoms with E-state index in [0.29, 0.717) is 38.0 Å². The minimum atomic E-state index is -3.54. The molecular formula is C21H25N3O4S. The van der Waals surface area contributed by atoms with Gasteiger partial charge in [0.25, 0.3) is 5.91 Å². The second-order valence-electron chi connectivity index (χ2n) is 6.95. The number of likely N-dealkylation sites (tertiary alicyclic amines) is 1. The number of anilines is 1. The molecule has 29 heavy (non-hydrogen) atoms. The molecule has 1 aliphatic rings. The molecule has 0 aliphatic carbocycles. The first kappa shape index (κ1) is 21.0. The zero-order chi connectivity index (χ0) is 20.9. The maximum Gasteiger partial charge on any atom is 0.253 e. The summed E-state index contributed by atoms with van der Waals surface area (Å²) in [6.45, 7) is 2.99. The van der Waals surface area contributed by atoms with E-state index in [0.717, 1.165) is 5.69 Å². The highest BCUT2D eigenvalue weighted by Gasteiger charge is 2.28. The SMILES string of the molecule is CCNS(=O)(=O)c1ccc(C(=O)N2CCC(C(=O)Nc3ccccc3)CC2)cc1. The quantitative estimate of drug-likeness (QED) is 0.758. The molecule has 0 bridgehead atoms. The molecule has 0 saturated carbocycles. The Morgan fingerprint density at radius 1 is 1.00 bits per heavy atom. The topological polar surface area (TPSA) is 95.6 Å². The molecule has 8 heteroatoms. The molecule has 2 aromatic carbocycles. The van der Waals surface area contributed by atoms with Crippen LogP contribution in [-0.2, 0) is 14.8 Å². The van der Waals surface area contributed by atoms with E-state index in [1.54, 1.807) is 11.8 Å². The number of carbonyl (C=O) groups is 2. The van der Waals surface area contributed by atoms with Gasteiger partial charge in [-0.1, -0.05) is 25.1 Å². The largest absolute Gasteiger partial charge is 0.339 e. The van der Waals surface area contributed by atoms with Crippen LogP contribution >= 0.6 is 0 Å². The third-order valence-electron chi connectivity index (χ3n) is 4.94. The van der Waals surface area contributed by atoms with E-state index in [-0.39, 0.29) is 22.6 Å². The molecule has 1 aliphatic heterocycles. The van der Waals surface area contributed by atoms with E-state index in [1.165, 1.54) is 24.3 Å². The standard InChI is InChI=1S/C21H25N3O4S/c1-2-22-29(27,28)19-10-8-17(9-11-19)21(26)24-14-12-16(13-15-24)20(25)23-18-6-4-3-5-7-18/h3-11,16,22H,2,12-15H2,1H3,(H,23,25). The zero-order valence-electron chi connectivity index (χ0n) is 16.3. The summed E-state index contributed by atoms with van der Waals surface area (Å²) >= 11 is 0. The van der Waals surface area contributed by atoms with Gasteiger partial charge in [0, 0.05) is 36.8 Å². The van der Waals surface area contributed by atoms with Gasteiger partial charge in [0.05, 0.1) is 4.90 Å². The molecular weight excluding hydrogens is 390 g/mol. The first-order chi connectivity index (χ1) is 13.9. The number of nitrogens with one attached hydrogen (secondary N) is 2. The molecule has 7 nitrogen and oxygen atoms in total. The van der Waals surface area contributed by atoms with Crippen molar-refractivity contribution in [2.24, 2.45) is 5.92 Å². The average Bonchev–Trinajstić information content (AvgIpc) is 2.74. The van der Waals surface area contributed by atoms with Crippen molar-refractivity contribution in [2.75, 3.05) is 25.0 Å². The van der Waals surface area contributed by atoms with E-state index in [2.05, 4.69) is 10.0 Å². The van der Waals surface area contributed by atoms with Crippen LogP contribution < -0.4 is 10.0 Å². The number of benzene rings is 2. The molecule has 2 N–H and O–H groups in total.